The Balaban J connectivity index is 2.81. The van der Waals surface area contributed by atoms with E-state index in [9.17, 15) is 24.3 Å². The van der Waals surface area contributed by atoms with Crippen LogP contribution in [0.15, 0.2) is 12.5 Å². The lowest BCUT2D eigenvalue weighted by atomic mass is 10.0. The number of aromatic amines is 1. The van der Waals surface area contributed by atoms with Crippen molar-refractivity contribution in [2.45, 2.75) is 70.1 Å². The molecule has 13 heteroatoms. The van der Waals surface area contributed by atoms with Gasteiger partial charge in [0.15, 0.2) is 0 Å². The van der Waals surface area contributed by atoms with E-state index in [0.29, 0.717) is 25.1 Å². The van der Waals surface area contributed by atoms with E-state index in [0.717, 1.165) is 6.42 Å². The zero-order valence-electron chi connectivity index (χ0n) is 19.6. The van der Waals surface area contributed by atoms with E-state index < -0.39 is 47.9 Å². The molecular weight excluding hydrogens is 462 g/mol. The number of imidazole rings is 1. The monoisotopic (exact) mass is 499 g/mol. The molecule has 0 saturated carbocycles. The van der Waals surface area contributed by atoms with Gasteiger partial charge in [-0.05, 0) is 31.7 Å². The fourth-order valence-corrected chi connectivity index (χ4v) is 3.43. The molecule has 0 aliphatic carbocycles. The largest absolute Gasteiger partial charge is 0.480 e. The minimum absolute atomic E-state index is 0.000779. The number of H-pyrrole nitrogens is 1. The summed E-state index contributed by atoms with van der Waals surface area (Å²) in [5, 5.41) is 17.2. The Morgan fingerprint density at radius 1 is 1.06 bits per heavy atom. The number of thiol groups is 1. The van der Waals surface area contributed by atoms with Crippen molar-refractivity contribution in [2.24, 2.45) is 17.4 Å². The van der Waals surface area contributed by atoms with Crippen molar-refractivity contribution in [1.82, 2.24) is 25.9 Å². The van der Waals surface area contributed by atoms with Crippen molar-refractivity contribution >= 4 is 36.3 Å². The van der Waals surface area contributed by atoms with Gasteiger partial charge < -0.3 is 37.5 Å². The molecule has 12 nitrogen and oxygen atoms in total. The molecule has 0 aliphatic rings. The molecule has 0 spiro atoms. The normalized spacial score (nSPS) is 14.6. The number of carboxylic acids is 1. The fraction of sp³-hybridized carbons (Fsp3) is 0.667. The highest BCUT2D eigenvalue weighted by Crippen LogP contribution is 2.08. The van der Waals surface area contributed by atoms with Crippen molar-refractivity contribution < 1.29 is 24.3 Å². The first-order chi connectivity index (χ1) is 16.1. The van der Waals surface area contributed by atoms with Crippen LogP contribution in [-0.2, 0) is 25.6 Å². The van der Waals surface area contributed by atoms with Crippen LogP contribution in [0.5, 0.6) is 0 Å². The lowest BCUT2D eigenvalue weighted by molar-refractivity contribution is -0.142. The van der Waals surface area contributed by atoms with Gasteiger partial charge in [-0.2, -0.15) is 12.6 Å². The maximum Gasteiger partial charge on any atom is 0.326 e. The number of carbonyl (C=O) groups is 4. The highest BCUT2D eigenvalue weighted by atomic mass is 32.1. The molecule has 0 fully saturated rings. The highest BCUT2D eigenvalue weighted by Gasteiger charge is 2.30. The third-order valence-corrected chi connectivity index (χ3v) is 5.42. The number of unbranched alkanes of at least 4 members (excludes halogenated alkanes) is 1. The quantitative estimate of drug-likeness (QED) is 0.103. The number of aliphatic carboxylic acids is 1. The van der Waals surface area contributed by atoms with Gasteiger partial charge in [0, 0.05) is 24.1 Å². The van der Waals surface area contributed by atoms with Gasteiger partial charge >= 0.3 is 5.97 Å². The Kier molecular flexibility index (Phi) is 13.2. The van der Waals surface area contributed by atoms with E-state index in [1.54, 1.807) is 0 Å². The second-order valence-electron chi connectivity index (χ2n) is 8.51. The van der Waals surface area contributed by atoms with Crippen LogP contribution in [0.3, 0.4) is 0 Å². The van der Waals surface area contributed by atoms with Crippen molar-refractivity contribution in [1.29, 1.82) is 0 Å². The fourth-order valence-electron chi connectivity index (χ4n) is 3.18. The lowest BCUT2D eigenvalue weighted by Crippen LogP contribution is -2.58. The molecule has 1 rings (SSSR count). The van der Waals surface area contributed by atoms with Crippen molar-refractivity contribution in [3.63, 3.8) is 0 Å². The van der Waals surface area contributed by atoms with Crippen LogP contribution in [-0.4, -0.2) is 75.2 Å². The zero-order valence-corrected chi connectivity index (χ0v) is 20.5. The first-order valence-corrected chi connectivity index (χ1v) is 11.9. The summed E-state index contributed by atoms with van der Waals surface area (Å²) in [7, 11) is 0. The molecule has 1 heterocycles. The highest BCUT2D eigenvalue weighted by molar-refractivity contribution is 7.80. The van der Waals surface area contributed by atoms with Gasteiger partial charge in [-0.3, -0.25) is 14.4 Å². The molecule has 0 aromatic carbocycles. The van der Waals surface area contributed by atoms with Gasteiger partial charge in [0.05, 0.1) is 12.4 Å². The van der Waals surface area contributed by atoms with E-state index in [2.05, 4.69) is 38.5 Å². The number of carboxylic acid groups (broad SMARTS) is 1. The number of nitrogens with two attached hydrogens (primary N) is 2. The molecule has 1 aromatic rings. The Labute approximate surface area is 204 Å². The second-order valence-corrected chi connectivity index (χ2v) is 8.87. The van der Waals surface area contributed by atoms with Crippen LogP contribution in [0.1, 0.15) is 45.2 Å². The molecule has 1 aromatic heterocycles. The molecule has 0 radical (unpaired) electrons. The Hall–Kier alpha value is -2.64. The van der Waals surface area contributed by atoms with Gasteiger partial charge in [0.25, 0.3) is 0 Å². The van der Waals surface area contributed by atoms with E-state index >= 15 is 0 Å². The van der Waals surface area contributed by atoms with Crippen LogP contribution in [0.2, 0.25) is 0 Å². The van der Waals surface area contributed by atoms with E-state index in [1.807, 2.05) is 13.8 Å². The molecule has 9 N–H and O–H groups in total. The predicted octanol–water partition coefficient (Wildman–Crippen LogP) is -1.08. The Morgan fingerprint density at radius 2 is 1.68 bits per heavy atom. The predicted molar refractivity (Wildman–Crippen MR) is 130 cm³/mol. The smallest absolute Gasteiger partial charge is 0.326 e. The first kappa shape index (κ1) is 29.4. The average molecular weight is 500 g/mol. The van der Waals surface area contributed by atoms with Crippen molar-refractivity contribution in [2.75, 3.05) is 12.3 Å². The maximum absolute atomic E-state index is 12.9. The van der Waals surface area contributed by atoms with Crippen LogP contribution < -0.4 is 27.4 Å². The number of aromatic nitrogens is 2. The van der Waals surface area contributed by atoms with Gasteiger partial charge in [-0.15, -0.1) is 0 Å². The minimum Gasteiger partial charge on any atom is -0.480 e. The van der Waals surface area contributed by atoms with Crippen LogP contribution in [0.4, 0.5) is 0 Å². The average Bonchev–Trinajstić information content (AvgIpc) is 3.29. The van der Waals surface area contributed by atoms with Gasteiger partial charge in [-0.25, -0.2) is 9.78 Å². The molecule has 0 aliphatic heterocycles. The molecule has 0 bridgehead atoms. The zero-order chi connectivity index (χ0) is 25.7. The molecule has 4 unspecified atom stereocenters. The number of hydrogen-bond donors (Lipinski definition) is 8. The summed E-state index contributed by atoms with van der Waals surface area (Å²) in [6.45, 7) is 4.23. The van der Waals surface area contributed by atoms with E-state index in [1.165, 1.54) is 12.5 Å². The van der Waals surface area contributed by atoms with Gasteiger partial charge in [0.2, 0.25) is 17.7 Å². The molecule has 4 atom stereocenters. The van der Waals surface area contributed by atoms with Crippen molar-refractivity contribution in [3.8, 4) is 0 Å². The molecular formula is C21H37N7O5S. The van der Waals surface area contributed by atoms with Crippen LogP contribution in [0.25, 0.3) is 0 Å². The van der Waals surface area contributed by atoms with Crippen molar-refractivity contribution in [3.05, 3.63) is 18.2 Å². The van der Waals surface area contributed by atoms with Gasteiger partial charge in [-0.1, -0.05) is 20.3 Å². The van der Waals surface area contributed by atoms with E-state index in [4.69, 9.17) is 11.5 Å². The number of nitrogens with zero attached hydrogens (tertiary/aromatic N) is 1. The number of rotatable bonds is 16. The number of nitrogens with one attached hydrogen (secondary N) is 4. The summed E-state index contributed by atoms with van der Waals surface area (Å²) in [5.41, 5.74) is 11.9. The summed E-state index contributed by atoms with van der Waals surface area (Å²) >= 11 is 4.14. The third-order valence-electron chi connectivity index (χ3n) is 5.06. The minimum atomic E-state index is -1.22. The summed E-state index contributed by atoms with van der Waals surface area (Å²) in [4.78, 5) is 56.3. The molecule has 0 saturated heterocycles. The summed E-state index contributed by atoms with van der Waals surface area (Å²) in [6, 6.07) is -4.03. The standard InChI is InChI=1S/C21H37N7O5S/c1-12(2)7-15(19(30)27-16(21(32)33)8-13-9-24-11-25-13)26-20(31)17(10-34)28-18(29)14(23)5-3-4-6-22/h9,11-12,14-17,34H,3-8,10,22-23H2,1-2H3,(H,24,25)(H,26,31)(H,27,30)(H,28,29)(H,32,33). The number of carbonyl (C=O) groups excluding carboxylic acids is 3. The Morgan fingerprint density at radius 3 is 2.21 bits per heavy atom. The topological polar surface area (TPSA) is 205 Å². The number of hydrogen-bond acceptors (Lipinski definition) is 8. The lowest BCUT2D eigenvalue weighted by Gasteiger charge is -2.25. The van der Waals surface area contributed by atoms with Crippen LogP contribution in [0, 0.1) is 5.92 Å². The summed E-state index contributed by atoms with van der Waals surface area (Å²) in [5.74, 6) is -2.97. The first-order valence-electron chi connectivity index (χ1n) is 11.3. The Bertz CT molecular complexity index is 790. The van der Waals surface area contributed by atoms with Gasteiger partial charge in [0.1, 0.15) is 18.1 Å². The summed E-state index contributed by atoms with van der Waals surface area (Å²) < 4.78 is 0. The van der Waals surface area contributed by atoms with Crippen LogP contribution >= 0.6 is 12.6 Å². The third kappa shape index (κ3) is 10.5. The molecule has 192 valence electrons. The van der Waals surface area contributed by atoms with E-state index in [-0.39, 0.29) is 24.5 Å². The second kappa shape index (κ2) is 15.3. The number of amides is 3. The summed E-state index contributed by atoms with van der Waals surface area (Å²) in [6.07, 6.45) is 4.99. The molecule has 3 amide bonds. The SMILES string of the molecule is CC(C)CC(NC(=O)C(CS)NC(=O)C(N)CCCCN)C(=O)NC(Cc1cnc[nH]1)C(=O)O. The maximum atomic E-state index is 12.9. The molecule has 34 heavy (non-hydrogen) atoms.